The molecule has 2 N–H and O–H groups in total. The summed E-state index contributed by atoms with van der Waals surface area (Å²) in [5.41, 5.74) is 0. The summed E-state index contributed by atoms with van der Waals surface area (Å²) in [6, 6.07) is 2.42. The molecular weight excluding hydrogens is 444 g/mol. The van der Waals surface area contributed by atoms with Crippen molar-refractivity contribution in [3.63, 3.8) is 0 Å². The van der Waals surface area contributed by atoms with Gasteiger partial charge in [-0.2, -0.15) is 0 Å². The molecule has 1 aliphatic carbocycles. The number of hydrogen-bond acceptors (Lipinski definition) is 8. The number of aromatic nitrogens is 1. The van der Waals surface area contributed by atoms with Crippen molar-refractivity contribution in [2.75, 3.05) is 13.2 Å². The van der Waals surface area contributed by atoms with Gasteiger partial charge in [0, 0.05) is 43.7 Å². The van der Waals surface area contributed by atoms with Crippen molar-refractivity contribution >= 4 is 23.8 Å². The quantitative estimate of drug-likeness (QED) is 0.267. The predicted octanol–water partition coefficient (Wildman–Crippen LogP) is 2.47. The van der Waals surface area contributed by atoms with Crippen LogP contribution in [0.3, 0.4) is 0 Å². The van der Waals surface area contributed by atoms with Crippen LogP contribution in [-0.2, 0) is 23.9 Å². The molecule has 1 saturated carbocycles. The Labute approximate surface area is 198 Å². The molecule has 0 bridgehead atoms. The fourth-order valence-corrected chi connectivity index (χ4v) is 4.34. The highest BCUT2D eigenvalue weighted by atomic mass is 16.7. The molecule has 1 aromatic rings. The van der Waals surface area contributed by atoms with Crippen molar-refractivity contribution in [3.8, 4) is 11.8 Å². The lowest BCUT2D eigenvalue weighted by Crippen LogP contribution is -2.36. The van der Waals surface area contributed by atoms with E-state index in [-0.39, 0.29) is 36.0 Å². The summed E-state index contributed by atoms with van der Waals surface area (Å²) in [6.45, 7) is 0.778. The molecule has 2 amide bonds. The summed E-state index contributed by atoms with van der Waals surface area (Å²) < 4.78 is 5.93. The SMILES string of the molecule is O=C(CCC1CCC(CN2C(=O)C=CC2=O)CC1)OCCCCCC(=O)On1c(O)ccc1O. The van der Waals surface area contributed by atoms with Crippen LogP contribution in [0, 0.1) is 11.8 Å². The highest BCUT2D eigenvalue weighted by Crippen LogP contribution is 2.32. The second-order valence-corrected chi connectivity index (χ2v) is 8.88. The number of hydrogen-bond donors (Lipinski definition) is 2. The zero-order valence-electron chi connectivity index (χ0n) is 19.2. The first-order chi connectivity index (χ1) is 16.3. The summed E-state index contributed by atoms with van der Waals surface area (Å²) in [7, 11) is 0. The summed E-state index contributed by atoms with van der Waals surface area (Å²) in [4.78, 5) is 53.3. The fraction of sp³-hybridized carbons (Fsp3) is 0.583. The largest absolute Gasteiger partial charge is 0.492 e. The zero-order chi connectivity index (χ0) is 24.5. The van der Waals surface area contributed by atoms with Gasteiger partial charge in [-0.25, -0.2) is 4.79 Å². The molecule has 1 aliphatic heterocycles. The van der Waals surface area contributed by atoms with Gasteiger partial charge in [-0.1, -0.05) is 12.8 Å². The van der Waals surface area contributed by atoms with Gasteiger partial charge >= 0.3 is 11.9 Å². The van der Waals surface area contributed by atoms with Crippen LogP contribution in [0.25, 0.3) is 0 Å². The second kappa shape index (κ2) is 12.2. The van der Waals surface area contributed by atoms with E-state index >= 15 is 0 Å². The number of ether oxygens (including phenoxy) is 1. The summed E-state index contributed by atoms with van der Waals surface area (Å²) in [5.74, 6) is -1.20. The second-order valence-electron chi connectivity index (χ2n) is 8.88. The Hall–Kier alpha value is -3.30. The van der Waals surface area contributed by atoms with Gasteiger partial charge in [-0.15, -0.1) is 4.73 Å². The molecule has 10 nitrogen and oxygen atoms in total. The Balaban J connectivity index is 1.18. The fourth-order valence-electron chi connectivity index (χ4n) is 4.34. The lowest BCUT2D eigenvalue weighted by Gasteiger charge is -2.30. The van der Waals surface area contributed by atoms with Crippen LogP contribution in [0.15, 0.2) is 24.3 Å². The van der Waals surface area contributed by atoms with Crippen LogP contribution in [0.4, 0.5) is 0 Å². The monoisotopic (exact) mass is 476 g/mol. The maximum atomic E-state index is 12.0. The van der Waals surface area contributed by atoms with Gasteiger partial charge in [0.15, 0.2) is 0 Å². The summed E-state index contributed by atoms with van der Waals surface area (Å²) in [5, 5.41) is 18.9. The number of carbonyl (C=O) groups excluding carboxylic acids is 4. The lowest BCUT2D eigenvalue weighted by molar-refractivity contribution is -0.146. The number of rotatable bonds is 12. The Morgan fingerprint density at radius 3 is 2.12 bits per heavy atom. The Bertz CT molecular complexity index is 877. The molecular formula is C24H32N2O8. The van der Waals surface area contributed by atoms with Crippen LogP contribution < -0.4 is 4.84 Å². The average molecular weight is 477 g/mol. The van der Waals surface area contributed by atoms with Gasteiger partial charge in [0.25, 0.3) is 11.8 Å². The number of unbranched alkanes of at least 4 members (excludes halogenated alkanes) is 2. The van der Waals surface area contributed by atoms with Crippen molar-refractivity contribution in [2.45, 2.75) is 64.2 Å². The van der Waals surface area contributed by atoms with E-state index in [9.17, 15) is 29.4 Å². The third-order valence-electron chi connectivity index (χ3n) is 6.34. The Morgan fingerprint density at radius 2 is 1.47 bits per heavy atom. The van der Waals surface area contributed by atoms with E-state index in [2.05, 4.69) is 0 Å². The van der Waals surface area contributed by atoms with Crippen molar-refractivity contribution in [1.82, 2.24) is 9.63 Å². The Morgan fingerprint density at radius 1 is 0.853 bits per heavy atom. The summed E-state index contributed by atoms with van der Waals surface area (Å²) in [6.07, 6.45) is 9.60. The zero-order valence-corrected chi connectivity index (χ0v) is 19.2. The average Bonchev–Trinajstić information content (AvgIpc) is 3.31. The molecule has 0 unspecified atom stereocenters. The number of esters is 1. The minimum atomic E-state index is -0.580. The molecule has 2 aliphatic rings. The van der Waals surface area contributed by atoms with Gasteiger partial charge in [0.2, 0.25) is 11.8 Å². The maximum absolute atomic E-state index is 12.0. The number of nitrogens with zero attached hydrogens (tertiary/aromatic N) is 2. The number of carbonyl (C=O) groups is 4. The van der Waals surface area contributed by atoms with Crippen LogP contribution in [0.2, 0.25) is 0 Å². The third-order valence-corrected chi connectivity index (χ3v) is 6.34. The predicted molar refractivity (Wildman–Crippen MR) is 119 cm³/mol. The molecule has 0 radical (unpaired) electrons. The third kappa shape index (κ3) is 7.36. The van der Waals surface area contributed by atoms with E-state index in [1.54, 1.807) is 0 Å². The van der Waals surface area contributed by atoms with Gasteiger partial charge in [0.05, 0.1) is 6.61 Å². The van der Waals surface area contributed by atoms with Gasteiger partial charge < -0.3 is 19.8 Å². The smallest absolute Gasteiger partial charge is 0.333 e. The van der Waals surface area contributed by atoms with Crippen molar-refractivity contribution in [1.29, 1.82) is 0 Å². The van der Waals surface area contributed by atoms with Crippen LogP contribution in [0.1, 0.15) is 64.2 Å². The van der Waals surface area contributed by atoms with Gasteiger partial charge in [-0.05, 0) is 50.4 Å². The van der Waals surface area contributed by atoms with Gasteiger partial charge in [-0.3, -0.25) is 19.3 Å². The molecule has 3 rings (SSSR count). The van der Waals surface area contributed by atoms with E-state index in [1.165, 1.54) is 29.2 Å². The molecule has 1 aromatic heterocycles. The Kier molecular flexibility index (Phi) is 9.12. The first-order valence-corrected chi connectivity index (χ1v) is 11.8. The van der Waals surface area contributed by atoms with E-state index in [0.717, 1.165) is 32.1 Å². The highest BCUT2D eigenvalue weighted by molar-refractivity contribution is 6.12. The molecule has 0 spiro atoms. The summed E-state index contributed by atoms with van der Waals surface area (Å²) >= 11 is 0. The molecule has 0 saturated heterocycles. The van der Waals surface area contributed by atoms with Crippen LogP contribution in [-0.4, -0.2) is 56.7 Å². The van der Waals surface area contributed by atoms with Gasteiger partial charge in [0.1, 0.15) is 0 Å². The molecule has 186 valence electrons. The standard InChI is InChI=1S/C24H32N2O8/c27-19-10-11-20(28)25(19)16-18-7-5-17(6-8-18)9-14-23(31)33-15-3-1-2-4-24(32)34-26-21(29)12-13-22(26)30/h10-13,17-18,29-30H,1-9,14-16H2. The topological polar surface area (TPSA) is 135 Å². The van der Waals surface area contributed by atoms with E-state index in [0.29, 0.717) is 55.4 Å². The molecule has 0 aromatic carbocycles. The number of amides is 2. The van der Waals surface area contributed by atoms with Crippen molar-refractivity contribution < 1.29 is 39.0 Å². The molecule has 34 heavy (non-hydrogen) atoms. The van der Waals surface area contributed by atoms with E-state index in [4.69, 9.17) is 9.57 Å². The minimum absolute atomic E-state index is 0.115. The van der Waals surface area contributed by atoms with Crippen LogP contribution >= 0.6 is 0 Å². The number of imide groups is 1. The van der Waals surface area contributed by atoms with E-state index in [1.807, 2.05) is 0 Å². The first-order valence-electron chi connectivity index (χ1n) is 11.8. The number of aromatic hydroxyl groups is 2. The molecule has 2 heterocycles. The molecule has 10 heteroatoms. The first kappa shape index (κ1) is 25.3. The normalized spacial score (nSPS) is 20.1. The highest BCUT2D eigenvalue weighted by Gasteiger charge is 2.29. The minimum Gasteiger partial charge on any atom is -0.492 e. The van der Waals surface area contributed by atoms with Crippen molar-refractivity contribution in [3.05, 3.63) is 24.3 Å². The van der Waals surface area contributed by atoms with Crippen molar-refractivity contribution in [2.24, 2.45) is 11.8 Å². The molecule has 1 fully saturated rings. The van der Waals surface area contributed by atoms with Crippen LogP contribution in [0.5, 0.6) is 11.8 Å². The van der Waals surface area contributed by atoms with E-state index < -0.39 is 5.97 Å². The molecule has 0 atom stereocenters. The maximum Gasteiger partial charge on any atom is 0.333 e. The lowest BCUT2D eigenvalue weighted by atomic mass is 9.80.